The first-order valence-electron chi connectivity index (χ1n) is 11.7. The number of nitrogens with one attached hydrogen (secondary N) is 1. The fraction of sp³-hybridized carbons (Fsp3) is 0.480. The summed E-state index contributed by atoms with van der Waals surface area (Å²) >= 11 is 0. The molecule has 0 atom stereocenters. The number of halogens is 3. The number of hydrogen-bond donors (Lipinski definition) is 2. The number of carbonyl (C=O) groups excluding carboxylic acids is 1. The van der Waals surface area contributed by atoms with Crippen molar-refractivity contribution < 1.29 is 41.0 Å². The fourth-order valence-electron chi connectivity index (χ4n) is 3.65. The summed E-state index contributed by atoms with van der Waals surface area (Å²) < 4.78 is 80.9. The molecular weight excluding hydrogens is 499 g/mol. The maximum Gasteiger partial charge on any atom is 0.418 e. The monoisotopic (exact) mass is 531 g/mol. The van der Waals surface area contributed by atoms with Crippen molar-refractivity contribution in [2.45, 2.75) is 63.4 Å². The molecule has 0 unspecified atom stereocenters. The molecule has 7 nitrogen and oxygen atoms in total. The summed E-state index contributed by atoms with van der Waals surface area (Å²) in [7, 11) is -4.56. The Hall–Kier alpha value is -2.79. The lowest BCUT2D eigenvalue weighted by Crippen LogP contribution is -2.21. The first-order chi connectivity index (χ1) is 17.0. The molecule has 200 valence electrons. The number of esters is 1. The van der Waals surface area contributed by atoms with Gasteiger partial charge in [-0.15, -0.1) is 0 Å². The third-order valence-corrected chi connectivity index (χ3v) is 6.80. The van der Waals surface area contributed by atoms with Crippen LogP contribution < -0.4 is 9.46 Å². The van der Waals surface area contributed by atoms with Crippen LogP contribution in [0.5, 0.6) is 5.75 Å². The summed E-state index contributed by atoms with van der Waals surface area (Å²) in [5.74, 6) is 0.0801. The number of aryl methyl sites for hydroxylation is 1. The second-order valence-electron chi connectivity index (χ2n) is 8.15. The molecule has 0 saturated heterocycles. The average Bonchev–Trinajstić information content (AvgIpc) is 2.80. The highest BCUT2D eigenvalue weighted by atomic mass is 32.2. The van der Waals surface area contributed by atoms with Crippen LogP contribution in [0.1, 0.15) is 55.7 Å². The minimum absolute atomic E-state index is 0.0206. The molecule has 36 heavy (non-hydrogen) atoms. The van der Waals surface area contributed by atoms with Crippen LogP contribution in [0.2, 0.25) is 0 Å². The zero-order chi connectivity index (χ0) is 26.8. The Morgan fingerprint density at radius 3 is 2.33 bits per heavy atom. The van der Waals surface area contributed by atoms with Crippen molar-refractivity contribution in [1.82, 2.24) is 0 Å². The molecule has 2 rings (SSSR count). The van der Waals surface area contributed by atoms with E-state index in [4.69, 9.17) is 14.6 Å². The minimum atomic E-state index is -4.89. The third kappa shape index (κ3) is 8.70. The standard InChI is InChI=1S/C25H32F3NO6S/c1-3-34-23(31)9-6-4-5-8-21-18(2)10-15-22(24(21)25(26,27)28)36(32,33)29-19-11-13-20(14-12-19)35-17-7-16-30/h10-15,29-30H,3-9,16-17H2,1-2H3. The van der Waals surface area contributed by atoms with Gasteiger partial charge in [0.2, 0.25) is 0 Å². The molecule has 0 heterocycles. The summed E-state index contributed by atoms with van der Waals surface area (Å²) in [5.41, 5.74) is -0.826. The van der Waals surface area contributed by atoms with Gasteiger partial charge in [-0.05, 0) is 74.6 Å². The van der Waals surface area contributed by atoms with Gasteiger partial charge in [-0.1, -0.05) is 12.5 Å². The number of aliphatic hydroxyl groups is 1. The Morgan fingerprint density at radius 1 is 1.03 bits per heavy atom. The quantitative estimate of drug-likeness (QED) is 0.255. The number of benzene rings is 2. The van der Waals surface area contributed by atoms with E-state index in [1.54, 1.807) is 6.92 Å². The Balaban J connectivity index is 2.22. The molecule has 0 bridgehead atoms. The van der Waals surface area contributed by atoms with Gasteiger partial charge in [0, 0.05) is 25.1 Å². The molecule has 0 spiro atoms. The van der Waals surface area contributed by atoms with E-state index < -0.39 is 26.7 Å². The van der Waals surface area contributed by atoms with Crippen molar-refractivity contribution in [2.75, 3.05) is 24.5 Å². The SMILES string of the molecule is CCOC(=O)CCCCCc1c(C)ccc(S(=O)(=O)Nc2ccc(OCCCO)cc2)c1C(F)(F)F. The van der Waals surface area contributed by atoms with Gasteiger partial charge in [0.1, 0.15) is 5.75 Å². The lowest BCUT2D eigenvalue weighted by Gasteiger charge is -2.20. The van der Waals surface area contributed by atoms with Crippen LogP contribution in [0.4, 0.5) is 18.9 Å². The van der Waals surface area contributed by atoms with E-state index in [-0.39, 0.29) is 49.9 Å². The molecule has 11 heteroatoms. The normalized spacial score (nSPS) is 11.8. The lowest BCUT2D eigenvalue weighted by molar-refractivity contribution is -0.143. The number of anilines is 1. The number of hydrogen-bond acceptors (Lipinski definition) is 6. The maximum absolute atomic E-state index is 14.1. The highest BCUT2D eigenvalue weighted by Gasteiger charge is 2.40. The number of ether oxygens (including phenoxy) is 2. The van der Waals surface area contributed by atoms with E-state index in [0.717, 1.165) is 6.07 Å². The van der Waals surface area contributed by atoms with E-state index in [2.05, 4.69) is 4.72 Å². The molecule has 0 aliphatic rings. The smallest absolute Gasteiger partial charge is 0.418 e. The van der Waals surface area contributed by atoms with Gasteiger partial charge in [-0.3, -0.25) is 9.52 Å². The van der Waals surface area contributed by atoms with Gasteiger partial charge in [-0.25, -0.2) is 8.42 Å². The van der Waals surface area contributed by atoms with Crippen molar-refractivity contribution in [3.8, 4) is 5.75 Å². The van der Waals surface area contributed by atoms with E-state index in [0.29, 0.717) is 37.0 Å². The highest BCUT2D eigenvalue weighted by Crippen LogP contribution is 2.39. The number of carbonyl (C=O) groups is 1. The molecule has 0 aliphatic carbocycles. The number of aliphatic hydroxyl groups excluding tert-OH is 1. The Kier molecular flexibility index (Phi) is 11.0. The molecule has 0 fully saturated rings. The fourth-order valence-corrected chi connectivity index (χ4v) is 4.96. The highest BCUT2D eigenvalue weighted by molar-refractivity contribution is 7.92. The van der Waals surface area contributed by atoms with E-state index in [1.807, 2.05) is 0 Å². The molecule has 0 aromatic heterocycles. The van der Waals surface area contributed by atoms with Crippen molar-refractivity contribution in [3.05, 3.63) is 53.1 Å². The first kappa shape index (κ1) is 29.4. The van der Waals surface area contributed by atoms with Crippen LogP contribution in [0.3, 0.4) is 0 Å². The zero-order valence-electron chi connectivity index (χ0n) is 20.4. The predicted molar refractivity (Wildman–Crippen MR) is 129 cm³/mol. The van der Waals surface area contributed by atoms with Crippen LogP contribution in [0, 0.1) is 6.92 Å². The van der Waals surface area contributed by atoms with Crippen LogP contribution in [-0.2, 0) is 32.2 Å². The zero-order valence-corrected chi connectivity index (χ0v) is 21.2. The van der Waals surface area contributed by atoms with E-state index in [1.165, 1.54) is 37.3 Å². The maximum atomic E-state index is 14.1. The number of alkyl halides is 3. The molecule has 0 aliphatic heterocycles. The van der Waals surface area contributed by atoms with Gasteiger partial charge < -0.3 is 14.6 Å². The Morgan fingerprint density at radius 2 is 1.72 bits per heavy atom. The summed E-state index contributed by atoms with van der Waals surface area (Å²) in [6.45, 7) is 3.71. The lowest BCUT2D eigenvalue weighted by atomic mass is 9.96. The van der Waals surface area contributed by atoms with E-state index in [9.17, 15) is 26.4 Å². The van der Waals surface area contributed by atoms with Gasteiger partial charge in [0.15, 0.2) is 0 Å². The van der Waals surface area contributed by atoms with Crippen LogP contribution >= 0.6 is 0 Å². The number of sulfonamides is 1. The van der Waals surface area contributed by atoms with E-state index >= 15 is 0 Å². The Bertz CT molecular complexity index is 1100. The van der Waals surface area contributed by atoms with Gasteiger partial charge in [0.25, 0.3) is 10.0 Å². The average molecular weight is 532 g/mol. The van der Waals surface area contributed by atoms with Gasteiger partial charge >= 0.3 is 12.1 Å². The van der Waals surface area contributed by atoms with Crippen molar-refractivity contribution in [3.63, 3.8) is 0 Å². The molecular formula is C25H32F3NO6S. The number of rotatable bonds is 14. The Labute approximate surface area is 209 Å². The summed E-state index contributed by atoms with van der Waals surface area (Å²) in [5, 5.41) is 8.80. The summed E-state index contributed by atoms with van der Waals surface area (Å²) in [6.07, 6.45) is -2.93. The predicted octanol–water partition coefficient (Wildman–Crippen LogP) is 5.24. The summed E-state index contributed by atoms with van der Waals surface area (Å²) in [4.78, 5) is 10.6. The molecule has 2 N–H and O–H groups in total. The minimum Gasteiger partial charge on any atom is -0.494 e. The second-order valence-corrected chi connectivity index (χ2v) is 9.80. The van der Waals surface area contributed by atoms with Crippen LogP contribution in [0.15, 0.2) is 41.3 Å². The molecule has 0 saturated carbocycles. The number of unbranched alkanes of at least 4 members (excludes halogenated alkanes) is 2. The molecule has 2 aromatic carbocycles. The third-order valence-electron chi connectivity index (χ3n) is 5.37. The van der Waals surface area contributed by atoms with Crippen molar-refractivity contribution in [1.29, 1.82) is 0 Å². The second kappa shape index (κ2) is 13.5. The van der Waals surface area contributed by atoms with Crippen molar-refractivity contribution in [2.24, 2.45) is 0 Å². The van der Waals surface area contributed by atoms with Crippen molar-refractivity contribution >= 4 is 21.7 Å². The first-order valence-corrected chi connectivity index (χ1v) is 13.2. The van der Waals surface area contributed by atoms with Crippen LogP contribution in [0.25, 0.3) is 0 Å². The molecule has 0 radical (unpaired) electrons. The molecule has 0 amide bonds. The topological polar surface area (TPSA) is 102 Å². The summed E-state index contributed by atoms with van der Waals surface area (Å²) in [6, 6.07) is 8.08. The van der Waals surface area contributed by atoms with Crippen LogP contribution in [-0.4, -0.2) is 39.3 Å². The van der Waals surface area contributed by atoms with Gasteiger partial charge in [-0.2, -0.15) is 13.2 Å². The largest absolute Gasteiger partial charge is 0.494 e. The van der Waals surface area contributed by atoms with Gasteiger partial charge in [0.05, 0.1) is 23.7 Å². The molecule has 2 aromatic rings.